The van der Waals surface area contributed by atoms with E-state index in [-0.39, 0.29) is 16.8 Å². The van der Waals surface area contributed by atoms with Gasteiger partial charge < -0.3 is 15.7 Å². The fourth-order valence-corrected chi connectivity index (χ4v) is 2.31. The fourth-order valence-electron chi connectivity index (χ4n) is 1.95. The van der Waals surface area contributed by atoms with Crippen molar-refractivity contribution >= 4 is 33.6 Å². The lowest BCUT2D eigenvalue weighted by Crippen LogP contribution is -2.45. The van der Waals surface area contributed by atoms with Crippen molar-refractivity contribution in [3.05, 3.63) is 28.2 Å². The number of hydrogen-bond donors (Lipinski definition) is 3. The second-order valence-electron chi connectivity index (χ2n) is 5.21. The molecule has 0 saturated carbocycles. The summed E-state index contributed by atoms with van der Waals surface area (Å²) in [5.74, 6) is -1.09. The highest BCUT2D eigenvalue weighted by molar-refractivity contribution is 9.10. The average molecular weight is 343 g/mol. The molecular formula is C14H19BrN2O3. The highest BCUT2D eigenvalue weighted by Gasteiger charge is 2.20. The molecule has 20 heavy (non-hydrogen) atoms. The van der Waals surface area contributed by atoms with Crippen molar-refractivity contribution < 1.29 is 14.7 Å². The largest absolute Gasteiger partial charge is 0.478 e. The highest BCUT2D eigenvalue weighted by atomic mass is 79.9. The third kappa shape index (κ3) is 4.85. The lowest BCUT2D eigenvalue weighted by Gasteiger charge is -2.26. The van der Waals surface area contributed by atoms with Gasteiger partial charge >= 0.3 is 12.0 Å². The van der Waals surface area contributed by atoms with E-state index in [1.165, 1.54) is 6.07 Å². The summed E-state index contributed by atoms with van der Waals surface area (Å²) in [5, 5.41) is 14.5. The van der Waals surface area contributed by atoms with E-state index in [9.17, 15) is 9.59 Å². The van der Waals surface area contributed by atoms with Crippen LogP contribution < -0.4 is 10.6 Å². The zero-order chi connectivity index (χ0) is 15.3. The van der Waals surface area contributed by atoms with E-state index in [4.69, 9.17) is 5.11 Å². The number of amides is 2. The third-order valence-corrected chi connectivity index (χ3v) is 3.28. The Morgan fingerprint density at radius 2 is 2.00 bits per heavy atom. The standard InChI is InChI=1S/C14H19BrN2O3/c1-4-7-14(2,3)17-13(20)16-11-6-5-9(15)8-10(11)12(18)19/h5-6,8H,4,7H2,1-3H3,(H,18,19)(H2,16,17,20). The van der Waals surface area contributed by atoms with Crippen molar-refractivity contribution in [1.82, 2.24) is 5.32 Å². The third-order valence-electron chi connectivity index (χ3n) is 2.79. The molecule has 1 aromatic rings. The topological polar surface area (TPSA) is 78.4 Å². The number of carbonyl (C=O) groups is 2. The number of halogens is 1. The van der Waals surface area contributed by atoms with Crippen LogP contribution >= 0.6 is 15.9 Å². The van der Waals surface area contributed by atoms with Crippen LogP contribution in [0.15, 0.2) is 22.7 Å². The van der Waals surface area contributed by atoms with E-state index >= 15 is 0 Å². The van der Waals surface area contributed by atoms with Gasteiger partial charge in [0, 0.05) is 10.0 Å². The molecule has 6 heteroatoms. The van der Waals surface area contributed by atoms with Gasteiger partial charge in [0.15, 0.2) is 0 Å². The summed E-state index contributed by atoms with van der Waals surface area (Å²) < 4.78 is 0.646. The van der Waals surface area contributed by atoms with Crippen LogP contribution in [-0.4, -0.2) is 22.6 Å². The summed E-state index contributed by atoms with van der Waals surface area (Å²) in [5.41, 5.74) is -0.0225. The number of carboxylic acids is 1. The van der Waals surface area contributed by atoms with Gasteiger partial charge in [-0.3, -0.25) is 0 Å². The summed E-state index contributed by atoms with van der Waals surface area (Å²) in [6.07, 6.45) is 1.79. The molecule has 0 aliphatic carbocycles. The van der Waals surface area contributed by atoms with Crippen molar-refractivity contribution in [2.75, 3.05) is 5.32 Å². The van der Waals surface area contributed by atoms with Gasteiger partial charge in [0.1, 0.15) is 0 Å². The van der Waals surface area contributed by atoms with Crippen LogP contribution in [0.4, 0.5) is 10.5 Å². The van der Waals surface area contributed by atoms with Gasteiger partial charge in [-0.05, 0) is 38.5 Å². The maximum absolute atomic E-state index is 11.9. The Morgan fingerprint density at radius 3 is 2.55 bits per heavy atom. The second kappa shape index (κ2) is 6.74. The van der Waals surface area contributed by atoms with Crippen LogP contribution in [0.25, 0.3) is 0 Å². The van der Waals surface area contributed by atoms with Crippen molar-refractivity contribution in [2.24, 2.45) is 0 Å². The van der Waals surface area contributed by atoms with E-state index in [1.807, 2.05) is 20.8 Å². The SMILES string of the molecule is CCCC(C)(C)NC(=O)Nc1ccc(Br)cc1C(=O)O. The number of benzene rings is 1. The number of rotatable bonds is 5. The number of urea groups is 1. The Hall–Kier alpha value is -1.56. The summed E-state index contributed by atoms with van der Waals surface area (Å²) in [7, 11) is 0. The molecule has 0 unspecified atom stereocenters. The fraction of sp³-hybridized carbons (Fsp3) is 0.429. The van der Waals surface area contributed by atoms with Crippen LogP contribution in [0.3, 0.4) is 0 Å². The van der Waals surface area contributed by atoms with Crippen LogP contribution in [-0.2, 0) is 0 Å². The normalized spacial score (nSPS) is 11.0. The van der Waals surface area contributed by atoms with Crippen molar-refractivity contribution in [2.45, 2.75) is 39.2 Å². The molecule has 0 bridgehead atoms. The monoisotopic (exact) mass is 342 g/mol. The van der Waals surface area contributed by atoms with Gasteiger partial charge in [0.2, 0.25) is 0 Å². The van der Waals surface area contributed by atoms with Crippen LogP contribution in [0.2, 0.25) is 0 Å². The number of aromatic carboxylic acids is 1. The van der Waals surface area contributed by atoms with E-state index in [0.717, 1.165) is 12.8 Å². The quantitative estimate of drug-likeness (QED) is 0.760. The Bertz CT molecular complexity index is 515. The Balaban J connectivity index is 2.83. The van der Waals surface area contributed by atoms with E-state index in [0.29, 0.717) is 4.47 Å². The minimum atomic E-state index is -1.09. The molecule has 5 nitrogen and oxygen atoms in total. The van der Waals surface area contributed by atoms with E-state index in [2.05, 4.69) is 26.6 Å². The molecule has 0 heterocycles. The second-order valence-corrected chi connectivity index (χ2v) is 6.12. The molecule has 0 saturated heterocycles. The number of carboxylic acid groups (broad SMARTS) is 1. The van der Waals surface area contributed by atoms with Crippen molar-refractivity contribution in [3.63, 3.8) is 0 Å². The minimum absolute atomic E-state index is 0.0443. The van der Waals surface area contributed by atoms with Gasteiger partial charge in [-0.15, -0.1) is 0 Å². The van der Waals surface area contributed by atoms with Gasteiger partial charge in [-0.2, -0.15) is 0 Å². The predicted octanol–water partition coefficient (Wildman–Crippen LogP) is 3.85. The van der Waals surface area contributed by atoms with Gasteiger partial charge in [0.05, 0.1) is 11.3 Å². The summed E-state index contributed by atoms with van der Waals surface area (Å²) in [4.78, 5) is 23.1. The molecule has 0 spiro atoms. The van der Waals surface area contributed by atoms with E-state index < -0.39 is 12.0 Å². The molecule has 110 valence electrons. The molecule has 1 aromatic carbocycles. The Morgan fingerprint density at radius 1 is 1.35 bits per heavy atom. The zero-order valence-corrected chi connectivity index (χ0v) is 13.4. The van der Waals surface area contributed by atoms with Crippen LogP contribution in [0.5, 0.6) is 0 Å². The first-order valence-corrected chi connectivity index (χ1v) is 7.16. The number of hydrogen-bond acceptors (Lipinski definition) is 2. The number of carbonyl (C=O) groups excluding carboxylic acids is 1. The maximum Gasteiger partial charge on any atom is 0.337 e. The first-order valence-electron chi connectivity index (χ1n) is 6.37. The smallest absolute Gasteiger partial charge is 0.337 e. The van der Waals surface area contributed by atoms with Crippen molar-refractivity contribution in [1.29, 1.82) is 0 Å². The first kappa shape index (κ1) is 16.5. The Kier molecular flexibility index (Phi) is 5.56. The molecule has 0 fully saturated rings. The predicted molar refractivity (Wildman–Crippen MR) is 82.2 cm³/mol. The maximum atomic E-state index is 11.9. The molecule has 0 radical (unpaired) electrons. The number of nitrogens with one attached hydrogen (secondary N) is 2. The lowest BCUT2D eigenvalue weighted by atomic mass is 9.99. The van der Waals surface area contributed by atoms with E-state index in [1.54, 1.807) is 12.1 Å². The van der Waals surface area contributed by atoms with Gasteiger partial charge in [0.25, 0.3) is 0 Å². The van der Waals surface area contributed by atoms with Gasteiger partial charge in [-0.1, -0.05) is 29.3 Å². The van der Waals surface area contributed by atoms with Crippen LogP contribution in [0, 0.1) is 0 Å². The zero-order valence-electron chi connectivity index (χ0n) is 11.8. The van der Waals surface area contributed by atoms with Crippen molar-refractivity contribution in [3.8, 4) is 0 Å². The van der Waals surface area contributed by atoms with Gasteiger partial charge in [-0.25, -0.2) is 9.59 Å². The molecule has 0 aliphatic heterocycles. The minimum Gasteiger partial charge on any atom is -0.478 e. The molecule has 0 aliphatic rings. The molecule has 0 aromatic heterocycles. The summed E-state index contributed by atoms with van der Waals surface area (Å²) in [6, 6.07) is 4.28. The molecule has 0 atom stereocenters. The summed E-state index contributed by atoms with van der Waals surface area (Å²) in [6.45, 7) is 5.89. The molecule has 1 rings (SSSR count). The Labute approximate surface area is 126 Å². The summed E-state index contributed by atoms with van der Waals surface area (Å²) >= 11 is 3.21. The lowest BCUT2D eigenvalue weighted by molar-refractivity contribution is 0.0698. The molecule has 3 N–H and O–H groups in total. The average Bonchev–Trinajstić information content (AvgIpc) is 2.30. The first-order chi connectivity index (χ1) is 9.25. The highest BCUT2D eigenvalue weighted by Crippen LogP contribution is 2.21. The van der Waals surface area contributed by atoms with Crippen LogP contribution in [0.1, 0.15) is 44.0 Å². The molecule has 2 amide bonds. The number of anilines is 1. The molecular weight excluding hydrogens is 324 g/mol.